The monoisotopic (exact) mass is 252 g/mol. The molecule has 0 aromatic rings. The third-order valence-electron chi connectivity index (χ3n) is 2.33. The van der Waals surface area contributed by atoms with Crippen molar-refractivity contribution in [3.63, 3.8) is 0 Å². The van der Waals surface area contributed by atoms with Crippen LogP contribution in [0.4, 0.5) is 0 Å². The Hall–Kier alpha value is 0.200. The Kier molecular flexibility index (Phi) is 1.62. The molecule has 2 rings (SSSR count). The van der Waals surface area contributed by atoms with Crippen LogP contribution in [0.2, 0.25) is 0 Å². The molecule has 0 aromatic heterocycles. The molecule has 1 saturated heterocycles. The maximum absolute atomic E-state index is 10.8. The first kappa shape index (κ1) is 6.88. The minimum absolute atomic E-state index is 0.0105. The Bertz CT molecular complexity index is 169. The maximum atomic E-state index is 10.8. The van der Waals surface area contributed by atoms with Crippen LogP contribution in [-0.2, 0) is 9.53 Å². The first-order chi connectivity index (χ1) is 4.77. The van der Waals surface area contributed by atoms with Gasteiger partial charge in [0, 0.05) is 9.84 Å². The number of carbonyl (C=O) groups excluding carboxylic acids is 1. The molecule has 1 unspecified atom stereocenters. The van der Waals surface area contributed by atoms with E-state index in [1.807, 2.05) is 0 Å². The van der Waals surface area contributed by atoms with E-state index < -0.39 is 0 Å². The second-order valence-electron chi connectivity index (χ2n) is 3.01. The van der Waals surface area contributed by atoms with Crippen LogP contribution < -0.4 is 0 Å². The number of alkyl halides is 1. The highest BCUT2D eigenvalue weighted by atomic mass is 127. The van der Waals surface area contributed by atoms with Crippen molar-refractivity contribution in [1.29, 1.82) is 0 Å². The molecule has 1 aliphatic carbocycles. The number of hydrogen-bond donors (Lipinski definition) is 0. The van der Waals surface area contributed by atoms with Crippen LogP contribution >= 0.6 is 22.6 Å². The Morgan fingerprint density at radius 2 is 2.30 bits per heavy atom. The number of fused-ring (bicyclic) bond motifs is 1. The fourth-order valence-electron chi connectivity index (χ4n) is 1.80. The Morgan fingerprint density at radius 3 is 3.00 bits per heavy atom. The van der Waals surface area contributed by atoms with E-state index in [-0.39, 0.29) is 12.1 Å². The van der Waals surface area contributed by atoms with E-state index in [2.05, 4.69) is 22.6 Å². The fourth-order valence-corrected chi connectivity index (χ4v) is 2.89. The summed E-state index contributed by atoms with van der Waals surface area (Å²) in [6.07, 6.45) is 3.34. The summed E-state index contributed by atoms with van der Waals surface area (Å²) in [5.74, 6) is 0.561. The van der Waals surface area contributed by atoms with Crippen LogP contribution in [0.3, 0.4) is 0 Å². The van der Waals surface area contributed by atoms with Crippen LogP contribution in [0.25, 0.3) is 0 Å². The van der Waals surface area contributed by atoms with Gasteiger partial charge in [0.15, 0.2) is 0 Å². The summed E-state index contributed by atoms with van der Waals surface area (Å²) in [6.45, 7) is 0. The molecule has 1 aliphatic heterocycles. The normalized spacial score (nSPS) is 45.3. The zero-order valence-corrected chi connectivity index (χ0v) is 7.71. The largest absolute Gasteiger partial charge is 0.461 e. The highest BCUT2D eigenvalue weighted by Gasteiger charge is 2.43. The zero-order chi connectivity index (χ0) is 7.14. The number of rotatable bonds is 0. The summed E-state index contributed by atoms with van der Waals surface area (Å²) in [7, 11) is 0. The SMILES string of the molecule is O=C1C[C@H]2CCC(I)[C@H]2O1. The number of esters is 1. The van der Waals surface area contributed by atoms with Gasteiger partial charge in [0.05, 0.1) is 6.42 Å². The second-order valence-corrected chi connectivity index (χ2v) is 4.61. The minimum Gasteiger partial charge on any atom is -0.461 e. The molecular weight excluding hydrogens is 243 g/mol. The van der Waals surface area contributed by atoms with Gasteiger partial charge < -0.3 is 4.74 Å². The van der Waals surface area contributed by atoms with E-state index in [0.717, 1.165) is 0 Å². The molecule has 10 heavy (non-hydrogen) atoms. The van der Waals surface area contributed by atoms with Gasteiger partial charge in [-0.05, 0) is 12.8 Å². The van der Waals surface area contributed by atoms with Gasteiger partial charge in [0.2, 0.25) is 0 Å². The molecule has 2 fully saturated rings. The quantitative estimate of drug-likeness (QED) is 0.371. The van der Waals surface area contributed by atoms with Gasteiger partial charge >= 0.3 is 5.97 Å². The van der Waals surface area contributed by atoms with Gasteiger partial charge in [-0.15, -0.1) is 0 Å². The lowest BCUT2D eigenvalue weighted by Gasteiger charge is -2.09. The van der Waals surface area contributed by atoms with Crippen LogP contribution in [0.1, 0.15) is 19.3 Å². The highest BCUT2D eigenvalue weighted by Crippen LogP contribution is 2.40. The standard InChI is InChI=1S/C7H9IO2/c8-5-2-1-4-3-6(9)10-7(4)5/h4-5,7H,1-3H2/t4-,5?,7+/m1/s1. The average Bonchev–Trinajstić information content (AvgIpc) is 2.35. The van der Waals surface area contributed by atoms with Crippen molar-refractivity contribution in [3.05, 3.63) is 0 Å². The molecule has 2 aliphatic rings. The lowest BCUT2D eigenvalue weighted by Crippen LogP contribution is -2.17. The molecule has 3 heteroatoms. The van der Waals surface area contributed by atoms with Crippen molar-refractivity contribution in [2.45, 2.75) is 29.3 Å². The molecule has 3 atom stereocenters. The van der Waals surface area contributed by atoms with Crippen molar-refractivity contribution in [1.82, 2.24) is 0 Å². The first-order valence-electron chi connectivity index (χ1n) is 3.61. The van der Waals surface area contributed by atoms with Crippen molar-refractivity contribution in [2.24, 2.45) is 5.92 Å². The lowest BCUT2D eigenvalue weighted by molar-refractivity contribution is -0.141. The van der Waals surface area contributed by atoms with E-state index in [9.17, 15) is 4.79 Å². The van der Waals surface area contributed by atoms with Crippen molar-refractivity contribution >= 4 is 28.6 Å². The lowest BCUT2D eigenvalue weighted by atomic mass is 10.1. The number of carbonyl (C=O) groups is 1. The predicted molar refractivity (Wildman–Crippen MR) is 45.0 cm³/mol. The minimum atomic E-state index is 0.0105. The van der Waals surface area contributed by atoms with Crippen molar-refractivity contribution in [2.75, 3.05) is 0 Å². The summed E-state index contributed by atoms with van der Waals surface area (Å²) >= 11 is 2.38. The molecule has 0 bridgehead atoms. The van der Waals surface area contributed by atoms with Crippen LogP contribution in [0.5, 0.6) is 0 Å². The van der Waals surface area contributed by atoms with E-state index in [1.54, 1.807) is 0 Å². The van der Waals surface area contributed by atoms with Gasteiger partial charge in [-0.1, -0.05) is 22.6 Å². The van der Waals surface area contributed by atoms with Crippen molar-refractivity contribution in [3.8, 4) is 0 Å². The van der Waals surface area contributed by atoms with E-state index >= 15 is 0 Å². The summed E-state index contributed by atoms with van der Waals surface area (Å²) in [5.41, 5.74) is 0. The van der Waals surface area contributed by atoms with E-state index in [0.29, 0.717) is 16.3 Å². The average molecular weight is 252 g/mol. The Morgan fingerprint density at radius 1 is 1.50 bits per heavy atom. The van der Waals surface area contributed by atoms with Crippen LogP contribution in [0.15, 0.2) is 0 Å². The smallest absolute Gasteiger partial charge is 0.306 e. The molecule has 0 radical (unpaired) electrons. The molecule has 0 N–H and O–H groups in total. The van der Waals surface area contributed by atoms with Gasteiger partial charge in [-0.3, -0.25) is 4.79 Å². The molecule has 0 amide bonds. The molecular formula is C7H9IO2. The van der Waals surface area contributed by atoms with Crippen LogP contribution in [0, 0.1) is 5.92 Å². The van der Waals surface area contributed by atoms with Crippen LogP contribution in [-0.4, -0.2) is 16.0 Å². The zero-order valence-electron chi connectivity index (χ0n) is 5.55. The Balaban J connectivity index is 2.12. The summed E-state index contributed by atoms with van der Waals surface area (Å²) in [6, 6.07) is 0. The summed E-state index contributed by atoms with van der Waals surface area (Å²) in [5, 5.41) is 0. The maximum Gasteiger partial charge on any atom is 0.306 e. The number of ether oxygens (including phenoxy) is 1. The predicted octanol–water partition coefficient (Wildman–Crippen LogP) is 1.52. The molecule has 1 heterocycles. The second kappa shape index (κ2) is 2.36. The molecule has 56 valence electrons. The number of halogens is 1. The van der Waals surface area contributed by atoms with Gasteiger partial charge in [0.1, 0.15) is 6.10 Å². The summed E-state index contributed by atoms with van der Waals surface area (Å²) < 4.78 is 5.73. The fraction of sp³-hybridized carbons (Fsp3) is 0.857. The van der Waals surface area contributed by atoms with Gasteiger partial charge in [0.25, 0.3) is 0 Å². The number of hydrogen-bond acceptors (Lipinski definition) is 2. The van der Waals surface area contributed by atoms with Crippen molar-refractivity contribution < 1.29 is 9.53 Å². The Labute approximate surface area is 73.5 Å². The van der Waals surface area contributed by atoms with Gasteiger partial charge in [-0.2, -0.15) is 0 Å². The van der Waals surface area contributed by atoms with E-state index in [1.165, 1.54) is 12.8 Å². The highest BCUT2D eigenvalue weighted by molar-refractivity contribution is 14.1. The first-order valence-corrected chi connectivity index (χ1v) is 4.85. The molecule has 0 spiro atoms. The third-order valence-corrected chi connectivity index (χ3v) is 3.66. The molecule has 1 saturated carbocycles. The topological polar surface area (TPSA) is 26.3 Å². The van der Waals surface area contributed by atoms with E-state index in [4.69, 9.17) is 4.74 Å². The third kappa shape index (κ3) is 0.946. The molecule has 2 nitrogen and oxygen atoms in total. The summed E-state index contributed by atoms with van der Waals surface area (Å²) in [4.78, 5) is 10.8. The molecule has 0 aromatic carbocycles. The van der Waals surface area contributed by atoms with Gasteiger partial charge in [-0.25, -0.2) is 0 Å².